The van der Waals surface area contributed by atoms with Gasteiger partial charge in [-0.2, -0.15) is 4.68 Å². The van der Waals surface area contributed by atoms with Gasteiger partial charge < -0.3 is 9.84 Å². The van der Waals surface area contributed by atoms with Gasteiger partial charge in [-0.05, 0) is 35.0 Å². The van der Waals surface area contributed by atoms with Crippen LogP contribution in [0, 0.1) is 5.92 Å². The number of rotatable bonds is 4. The number of tetrazole rings is 1. The number of halogens is 1. The van der Waals surface area contributed by atoms with Gasteiger partial charge in [0.2, 0.25) is 0 Å². The predicted octanol–water partition coefficient (Wildman–Crippen LogP) is 1.51. The Morgan fingerprint density at radius 1 is 1.55 bits per heavy atom. The second-order valence-electron chi connectivity index (χ2n) is 4.55. The van der Waals surface area contributed by atoms with E-state index in [9.17, 15) is 4.79 Å². The van der Waals surface area contributed by atoms with Crippen molar-refractivity contribution in [1.29, 1.82) is 0 Å². The molecule has 0 amide bonds. The van der Waals surface area contributed by atoms with Crippen LogP contribution < -0.4 is 4.74 Å². The Morgan fingerprint density at radius 2 is 2.35 bits per heavy atom. The largest absolute Gasteiger partial charge is 0.494 e. The number of benzene rings is 1. The lowest BCUT2D eigenvalue weighted by molar-refractivity contribution is -0.138. The molecule has 3 rings (SSSR count). The molecule has 1 N–H and O–H groups in total. The van der Waals surface area contributed by atoms with Crippen LogP contribution in [0.15, 0.2) is 18.2 Å². The van der Waals surface area contributed by atoms with Crippen LogP contribution in [-0.2, 0) is 4.79 Å². The number of methoxy groups -OCH3 is 1. The zero-order valence-corrected chi connectivity index (χ0v) is 11.3. The average molecular weight is 295 g/mol. The van der Waals surface area contributed by atoms with Crippen molar-refractivity contribution in [3.05, 3.63) is 29.0 Å². The third-order valence-corrected chi connectivity index (χ3v) is 3.54. The maximum atomic E-state index is 11.0. The molecule has 0 bridgehead atoms. The molecule has 2 unspecified atom stereocenters. The van der Waals surface area contributed by atoms with Gasteiger partial charge in [-0.3, -0.25) is 4.79 Å². The van der Waals surface area contributed by atoms with Gasteiger partial charge in [-0.1, -0.05) is 11.6 Å². The minimum Gasteiger partial charge on any atom is -0.494 e. The Hall–Kier alpha value is -2.15. The summed E-state index contributed by atoms with van der Waals surface area (Å²) in [6.07, 6.45) is 0.540. The molecule has 1 aliphatic rings. The van der Waals surface area contributed by atoms with E-state index >= 15 is 0 Å². The van der Waals surface area contributed by atoms with Gasteiger partial charge in [0.1, 0.15) is 11.4 Å². The lowest BCUT2D eigenvalue weighted by atomic mass is 10.2. The van der Waals surface area contributed by atoms with Crippen molar-refractivity contribution in [3.8, 4) is 11.4 Å². The molecule has 0 radical (unpaired) electrons. The van der Waals surface area contributed by atoms with E-state index in [-0.39, 0.29) is 5.92 Å². The van der Waals surface area contributed by atoms with E-state index in [1.165, 1.54) is 11.8 Å². The molecule has 2 aromatic rings. The fraction of sp³-hybridized carbons (Fsp3) is 0.333. The van der Waals surface area contributed by atoms with Crippen molar-refractivity contribution >= 4 is 17.6 Å². The van der Waals surface area contributed by atoms with Gasteiger partial charge in [0.25, 0.3) is 0 Å². The first-order valence-electron chi connectivity index (χ1n) is 5.97. The first kappa shape index (κ1) is 12.9. The molecule has 1 saturated carbocycles. The molecule has 0 spiro atoms. The quantitative estimate of drug-likeness (QED) is 0.919. The number of aliphatic carboxylic acids is 1. The monoisotopic (exact) mass is 294 g/mol. The summed E-state index contributed by atoms with van der Waals surface area (Å²) < 4.78 is 6.75. The highest BCUT2D eigenvalue weighted by Gasteiger charge is 2.47. The van der Waals surface area contributed by atoms with Crippen molar-refractivity contribution in [2.24, 2.45) is 5.92 Å². The molecule has 104 valence electrons. The molecular formula is C12H11ClN4O3. The SMILES string of the molecule is COc1ccc(Cl)cc1-n1nnnc1C1CC1C(=O)O. The number of aromatic nitrogens is 4. The van der Waals surface area contributed by atoms with Gasteiger partial charge in [0.05, 0.1) is 13.0 Å². The van der Waals surface area contributed by atoms with Crippen LogP contribution in [0.4, 0.5) is 0 Å². The van der Waals surface area contributed by atoms with Crippen molar-refractivity contribution in [3.63, 3.8) is 0 Å². The minimum absolute atomic E-state index is 0.175. The van der Waals surface area contributed by atoms with E-state index in [2.05, 4.69) is 15.5 Å². The van der Waals surface area contributed by atoms with E-state index in [4.69, 9.17) is 21.4 Å². The summed E-state index contributed by atoms with van der Waals surface area (Å²) in [5.41, 5.74) is 0.594. The number of hydrogen-bond acceptors (Lipinski definition) is 5. The lowest BCUT2D eigenvalue weighted by Gasteiger charge is -2.09. The third-order valence-electron chi connectivity index (χ3n) is 3.30. The van der Waals surface area contributed by atoms with E-state index in [1.807, 2.05) is 0 Å². The Morgan fingerprint density at radius 3 is 3.00 bits per heavy atom. The molecule has 8 heteroatoms. The normalized spacial score (nSPS) is 20.7. The molecule has 7 nitrogen and oxygen atoms in total. The molecule has 1 aliphatic carbocycles. The molecule has 0 saturated heterocycles. The Kier molecular flexibility index (Phi) is 3.06. The van der Waals surface area contributed by atoms with E-state index in [0.29, 0.717) is 28.7 Å². The molecule has 2 atom stereocenters. The van der Waals surface area contributed by atoms with Crippen LogP contribution in [0.2, 0.25) is 5.02 Å². The summed E-state index contributed by atoms with van der Waals surface area (Å²) in [6.45, 7) is 0. The predicted molar refractivity (Wildman–Crippen MR) is 69.2 cm³/mol. The molecule has 20 heavy (non-hydrogen) atoms. The first-order chi connectivity index (χ1) is 9.61. The van der Waals surface area contributed by atoms with Crippen molar-refractivity contribution in [2.75, 3.05) is 7.11 Å². The molecule has 0 aliphatic heterocycles. The molecule has 1 heterocycles. The Bertz CT molecular complexity index is 672. The third kappa shape index (κ3) is 2.09. The second kappa shape index (κ2) is 4.75. The molecular weight excluding hydrogens is 284 g/mol. The van der Waals surface area contributed by atoms with Gasteiger partial charge in [0, 0.05) is 10.9 Å². The Balaban J connectivity index is 2.02. The van der Waals surface area contributed by atoms with Gasteiger partial charge >= 0.3 is 5.97 Å². The van der Waals surface area contributed by atoms with Crippen LogP contribution in [-0.4, -0.2) is 38.4 Å². The molecule has 1 aromatic heterocycles. The number of carboxylic acid groups (broad SMARTS) is 1. The zero-order valence-electron chi connectivity index (χ0n) is 10.5. The van der Waals surface area contributed by atoms with E-state index < -0.39 is 11.9 Å². The number of carboxylic acids is 1. The number of nitrogens with zero attached hydrogens (tertiary/aromatic N) is 4. The van der Waals surface area contributed by atoms with E-state index in [0.717, 1.165) is 0 Å². The van der Waals surface area contributed by atoms with Crippen LogP contribution >= 0.6 is 11.6 Å². The van der Waals surface area contributed by atoms with Crippen LogP contribution in [0.25, 0.3) is 5.69 Å². The lowest BCUT2D eigenvalue weighted by Crippen LogP contribution is -2.07. The smallest absolute Gasteiger partial charge is 0.307 e. The first-order valence-corrected chi connectivity index (χ1v) is 6.34. The van der Waals surface area contributed by atoms with Crippen molar-refractivity contribution in [2.45, 2.75) is 12.3 Å². The summed E-state index contributed by atoms with van der Waals surface area (Å²) in [7, 11) is 1.54. The zero-order chi connectivity index (χ0) is 14.3. The van der Waals surface area contributed by atoms with Gasteiger partial charge in [0.15, 0.2) is 5.82 Å². The van der Waals surface area contributed by atoms with Crippen molar-refractivity contribution in [1.82, 2.24) is 20.2 Å². The molecule has 1 fully saturated rings. The highest BCUT2D eigenvalue weighted by atomic mass is 35.5. The number of ether oxygens (including phenoxy) is 1. The summed E-state index contributed by atoms with van der Waals surface area (Å²) in [6, 6.07) is 5.09. The highest BCUT2D eigenvalue weighted by molar-refractivity contribution is 6.30. The topological polar surface area (TPSA) is 90.1 Å². The summed E-state index contributed by atoms with van der Waals surface area (Å²) in [5, 5.41) is 21.0. The highest BCUT2D eigenvalue weighted by Crippen LogP contribution is 2.47. The maximum Gasteiger partial charge on any atom is 0.307 e. The minimum atomic E-state index is -0.831. The summed E-state index contributed by atoms with van der Waals surface area (Å²) >= 11 is 5.99. The summed E-state index contributed by atoms with van der Waals surface area (Å²) in [4.78, 5) is 11.0. The number of carbonyl (C=O) groups is 1. The Labute approximate surface area is 119 Å². The van der Waals surface area contributed by atoms with E-state index in [1.54, 1.807) is 18.2 Å². The average Bonchev–Trinajstić information content (AvgIpc) is 3.09. The van der Waals surface area contributed by atoms with Gasteiger partial charge in [-0.25, -0.2) is 0 Å². The number of hydrogen-bond donors (Lipinski definition) is 1. The fourth-order valence-electron chi connectivity index (χ4n) is 2.18. The standard InChI is InChI=1S/C12H11ClN4O3/c1-20-10-3-2-6(13)4-9(10)17-11(14-15-16-17)7-5-8(7)12(18)19/h2-4,7-8H,5H2,1H3,(H,18,19). The summed E-state index contributed by atoms with van der Waals surface area (Å²) in [5.74, 6) is -0.354. The van der Waals surface area contributed by atoms with Crippen molar-refractivity contribution < 1.29 is 14.6 Å². The molecule has 1 aromatic carbocycles. The second-order valence-corrected chi connectivity index (χ2v) is 4.99. The fourth-order valence-corrected chi connectivity index (χ4v) is 2.35. The maximum absolute atomic E-state index is 11.0. The van der Waals surface area contributed by atoms with Crippen LogP contribution in [0.3, 0.4) is 0 Å². The van der Waals surface area contributed by atoms with Crippen LogP contribution in [0.1, 0.15) is 18.2 Å². The van der Waals surface area contributed by atoms with Gasteiger partial charge in [-0.15, -0.1) is 5.10 Å². The van der Waals surface area contributed by atoms with Crippen LogP contribution in [0.5, 0.6) is 5.75 Å².